The molecule has 0 aliphatic heterocycles. The number of methoxy groups -OCH3 is 1. The van der Waals surface area contributed by atoms with Crippen LogP contribution in [0, 0.1) is 0 Å². The zero-order chi connectivity index (χ0) is 13.0. The summed E-state index contributed by atoms with van der Waals surface area (Å²) in [5, 5.41) is 0. The van der Waals surface area contributed by atoms with Gasteiger partial charge in [0, 0.05) is 22.6 Å². The van der Waals surface area contributed by atoms with Crippen LogP contribution in [0.25, 0.3) is 0 Å². The zero-order valence-electron chi connectivity index (χ0n) is 10.0. The minimum absolute atomic E-state index is 0.417. The second kappa shape index (κ2) is 5.89. The van der Waals surface area contributed by atoms with Crippen molar-refractivity contribution >= 4 is 15.9 Å². The minimum atomic E-state index is 0.417. The van der Waals surface area contributed by atoms with E-state index >= 15 is 0 Å². The van der Waals surface area contributed by atoms with Gasteiger partial charge in [0.05, 0.1) is 7.11 Å². The number of hydrogen-bond donors (Lipinski definition) is 1. The number of rotatable bonds is 4. The zero-order valence-corrected chi connectivity index (χ0v) is 11.6. The quantitative estimate of drug-likeness (QED) is 0.936. The predicted molar refractivity (Wildman–Crippen MR) is 75.1 cm³/mol. The highest BCUT2D eigenvalue weighted by Crippen LogP contribution is 2.31. The first-order valence-electron chi connectivity index (χ1n) is 5.54. The van der Waals surface area contributed by atoms with Crippen molar-refractivity contribution in [1.82, 2.24) is 0 Å². The molecule has 0 aromatic heterocycles. The molecule has 4 heteroatoms. The fraction of sp³-hybridized carbons (Fsp3) is 0.143. The molecule has 0 bridgehead atoms. The average Bonchev–Trinajstić information content (AvgIpc) is 2.39. The normalized spacial score (nSPS) is 10.2. The van der Waals surface area contributed by atoms with Crippen molar-refractivity contribution in [3.8, 4) is 17.2 Å². The highest BCUT2D eigenvalue weighted by atomic mass is 79.9. The summed E-state index contributed by atoms with van der Waals surface area (Å²) in [6, 6.07) is 13.2. The smallest absolute Gasteiger partial charge is 0.133 e. The summed E-state index contributed by atoms with van der Waals surface area (Å²) < 4.78 is 11.9. The summed E-state index contributed by atoms with van der Waals surface area (Å²) in [4.78, 5) is 0. The number of hydrogen-bond acceptors (Lipinski definition) is 3. The third-order valence-corrected chi connectivity index (χ3v) is 3.29. The molecule has 0 atom stereocenters. The van der Waals surface area contributed by atoms with Crippen molar-refractivity contribution < 1.29 is 9.47 Å². The van der Waals surface area contributed by atoms with Crippen molar-refractivity contribution in [1.29, 1.82) is 0 Å². The van der Waals surface area contributed by atoms with Gasteiger partial charge in [-0.15, -0.1) is 0 Å². The summed E-state index contributed by atoms with van der Waals surface area (Å²) in [5.74, 6) is 2.24. The standard InChI is InChI=1S/C14H14BrNO2/c1-17-10-4-2-5-11(8-10)18-14-7-3-6-13(15)12(14)9-16/h2-8H,9,16H2,1H3. The highest BCUT2D eigenvalue weighted by Gasteiger charge is 2.07. The number of halogens is 1. The Morgan fingerprint density at radius 2 is 1.83 bits per heavy atom. The molecule has 2 rings (SSSR count). The second-order valence-electron chi connectivity index (χ2n) is 3.70. The first-order valence-corrected chi connectivity index (χ1v) is 6.33. The van der Waals surface area contributed by atoms with E-state index in [1.165, 1.54) is 0 Å². The Bertz CT molecular complexity index is 543. The van der Waals surface area contributed by atoms with Gasteiger partial charge in [0.25, 0.3) is 0 Å². The third-order valence-electron chi connectivity index (χ3n) is 2.55. The molecule has 2 aromatic carbocycles. The summed E-state index contributed by atoms with van der Waals surface area (Å²) in [6.45, 7) is 0.417. The van der Waals surface area contributed by atoms with Gasteiger partial charge in [-0.3, -0.25) is 0 Å². The molecule has 2 N–H and O–H groups in total. The number of nitrogens with two attached hydrogens (primary N) is 1. The molecular formula is C14H14BrNO2. The molecule has 0 saturated heterocycles. The summed E-state index contributed by atoms with van der Waals surface area (Å²) in [6.07, 6.45) is 0. The lowest BCUT2D eigenvalue weighted by Gasteiger charge is -2.12. The topological polar surface area (TPSA) is 44.5 Å². The Balaban J connectivity index is 2.30. The number of benzene rings is 2. The predicted octanol–water partition coefficient (Wildman–Crippen LogP) is 3.71. The summed E-state index contributed by atoms with van der Waals surface area (Å²) in [7, 11) is 1.63. The van der Waals surface area contributed by atoms with Crippen LogP contribution in [0.5, 0.6) is 17.2 Å². The van der Waals surface area contributed by atoms with Crippen LogP contribution in [0.15, 0.2) is 46.9 Å². The summed E-state index contributed by atoms with van der Waals surface area (Å²) >= 11 is 3.46. The molecule has 0 amide bonds. The Hall–Kier alpha value is -1.52. The van der Waals surface area contributed by atoms with Crippen LogP contribution in [-0.2, 0) is 6.54 Å². The van der Waals surface area contributed by atoms with Crippen LogP contribution in [-0.4, -0.2) is 7.11 Å². The van der Waals surface area contributed by atoms with Gasteiger partial charge in [0.1, 0.15) is 17.2 Å². The van der Waals surface area contributed by atoms with Gasteiger partial charge in [-0.25, -0.2) is 0 Å². The van der Waals surface area contributed by atoms with Gasteiger partial charge < -0.3 is 15.2 Å². The van der Waals surface area contributed by atoms with Crippen molar-refractivity contribution in [2.45, 2.75) is 6.54 Å². The van der Waals surface area contributed by atoms with Crippen LogP contribution < -0.4 is 15.2 Å². The Morgan fingerprint density at radius 3 is 2.56 bits per heavy atom. The molecule has 18 heavy (non-hydrogen) atoms. The number of ether oxygens (including phenoxy) is 2. The maximum absolute atomic E-state index is 5.83. The molecule has 3 nitrogen and oxygen atoms in total. The Morgan fingerprint density at radius 1 is 1.11 bits per heavy atom. The lowest BCUT2D eigenvalue weighted by molar-refractivity contribution is 0.408. The van der Waals surface area contributed by atoms with E-state index in [1.807, 2.05) is 42.5 Å². The molecule has 94 valence electrons. The van der Waals surface area contributed by atoms with E-state index in [2.05, 4.69) is 15.9 Å². The van der Waals surface area contributed by atoms with Crippen molar-refractivity contribution in [2.24, 2.45) is 5.73 Å². The van der Waals surface area contributed by atoms with Gasteiger partial charge in [0.15, 0.2) is 0 Å². The summed E-state index contributed by atoms with van der Waals surface area (Å²) in [5.41, 5.74) is 6.67. The van der Waals surface area contributed by atoms with Gasteiger partial charge >= 0.3 is 0 Å². The molecule has 0 radical (unpaired) electrons. The van der Waals surface area contributed by atoms with E-state index in [0.29, 0.717) is 6.54 Å². The monoisotopic (exact) mass is 307 g/mol. The average molecular weight is 308 g/mol. The minimum Gasteiger partial charge on any atom is -0.497 e. The molecule has 0 unspecified atom stereocenters. The van der Waals surface area contributed by atoms with E-state index < -0.39 is 0 Å². The van der Waals surface area contributed by atoms with Crippen LogP contribution in [0.2, 0.25) is 0 Å². The van der Waals surface area contributed by atoms with E-state index in [4.69, 9.17) is 15.2 Å². The lowest BCUT2D eigenvalue weighted by Crippen LogP contribution is -2.00. The van der Waals surface area contributed by atoms with Gasteiger partial charge in [0.2, 0.25) is 0 Å². The van der Waals surface area contributed by atoms with Crippen molar-refractivity contribution in [3.63, 3.8) is 0 Å². The molecular weight excluding hydrogens is 294 g/mol. The van der Waals surface area contributed by atoms with E-state index in [9.17, 15) is 0 Å². The molecule has 0 aliphatic rings. The van der Waals surface area contributed by atoms with Gasteiger partial charge in [-0.2, -0.15) is 0 Å². The van der Waals surface area contributed by atoms with Crippen LogP contribution >= 0.6 is 15.9 Å². The molecule has 2 aromatic rings. The Kier molecular flexibility index (Phi) is 4.23. The largest absolute Gasteiger partial charge is 0.497 e. The van der Waals surface area contributed by atoms with Crippen LogP contribution in [0.1, 0.15) is 5.56 Å². The third kappa shape index (κ3) is 2.83. The molecule has 0 saturated carbocycles. The van der Waals surface area contributed by atoms with Crippen molar-refractivity contribution in [2.75, 3.05) is 7.11 Å². The lowest BCUT2D eigenvalue weighted by atomic mass is 10.2. The first kappa shape index (κ1) is 12.9. The van der Waals surface area contributed by atoms with Crippen LogP contribution in [0.4, 0.5) is 0 Å². The van der Waals surface area contributed by atoms with E-state index in [1.54, 1.807) is 7.11 Å². The second-order valence-corrected chi connectivity index (χ2v) is 4.56. The highest BCUT2D eigenvalue weighted by molar-refractivity contribution is 9.10. The van der Waals surface area contributed by atoms with Crippen molar-refractivity contribution in [3.05, 3.63) is 52.5 Å². The molecule has 0 spiro atoms. The molecule has 0 aliphatic carbocycles. The maximum atomic E-state index is 5.83. The van der Waals surface area contributed by atoms with Gasteiger partial charge in [-0.05, 0) is 24.3 Å². The molecule has 0 heterocycles. The SMILES string of the molecule is COc1cccc(Oc2cccc(Br)c2CN)c1. The fourth-order valence-corrected chi connectivity index (χ4v) is 2.13. The maximum Gasteiger partial charge on any atom is 0.133 e. The fourth-order valence-electron chi connectivity index (χ4n) is 1.62. The van der Waals surface area contributed by atoms with Crippen LogP contribution in [0.3, 0.4) is 0 Å². The molecule has 0 fully saturated rings. The van der Waals surface area contributed by atoms with Gasteiger partial charge in [-0.1, -0.05) is 28.1 Å². The van der Waals surface area contributed by atoms with E-state index in [0.717, 1.165) is 27.3 Å². The Labute approximate surface area is 115 Å². The van der Waals surface area contributed by atoms with E-state index in [-0.39, 0.29) is 0 Å². The first-order chi connectivity index (χ1) is 8.74.